The molecule has 0 saturated heterocycles. The molecular formula is C21H21NO4. The molecular weight excluding hydrogens is 330 g/mol. The fourth-order valence-corrected chi connectivity index (χ4v) is 2.96. The number of amides is 1. The van der Waals surface area contributed by atoms with Crippen LogP contribution in [-0.4, -0.2) is 31.6 Å². The lowest BCUT2D eigenvalue weighted by atomic mass is 10.2. The average Bonchev–Trinajstić information content (AvgIpc) is 3.10. The molecule has 0 radical (unpaired) electrons. The Balaban J connectivity index is 1.60. The van der Waals surface area contributed by atoms with Gasteiger partial charge in [0.05, 0.1) is 7.11 Å². The third-order valence-electron chi connectivity index (χ3n) is 4.30. The molecule has 134 valence electrons. The topological polar surface area (TPSA) is 55.8 Å². The molecule has 0 spiro atoms. The Hall–Kier alpha value is -3.08. The number of benzene rings is 2. The van der Waals surface area contributed by atoms with Crippen LogP contribution in [-0.2, 0) is 20.7 Å². The Labute approximate surface area is 152 Å². The lowest BCUT2D eigenvalue weighted by molar-refractivity contribution is -0.149. The number of methoxy groups -OCH3 is 1. The van der Waals surface area contributed by atoms with E-state index in [-0.39, 0.29) is 5.91 Å². The summed E-state index contributed by atoms with van der Waals surface area (Å²) >= 11 is 0. The molecule has 0 N–H and O–H groups in total. The van der Waals surface area contributed by atoms with Gasteiger partial charge in [0.15, 0.2) is 6.10 Å². The number of carbonyl (C=O) groups is 2. The van der Waals surface area contributed by atoms with Gasteiger partial charge in [0, 0.05) is 18.3 Å². The van der Waals surface area contributed by atoms with Crippen LogP contribution < -0.4 is 9.64 Å². The van der Waals surface area contributed by atoms with Gasteiger partial charge in [-0.15, -0.1) is 0 Å². The summed E-state index contributed by atoms with van der Waals surface area (Å²) in [6.07, 6.45) is 2.92. The minimum absolute atomic E-state index is 0.210. The smallest absolute Gasteiger partial charge is 0.331 e. The maximum absolute atomic E-state index is 12.6. The molecule has 1 aliphatic heterocycles. The molecule has 1 amide bonds. The lowest BCUT2D eigenvalue weighted by Crippen LogP contribution is -2.38. The number of fused-ring (bicyclic) bond motifs is 1. The lowest BCUT2D eigenvalue weighted by Gasteiger charge is -2.21. The second kappa shape index (κ2) is 7.87. The van der Waals surface area contributed by atoms with E-state index in [1.54, 1.807) is 31.1 Å². The van der Waals surface area contributed by atoms with Gasteiger partial charge in [-0.3, -0.25) is 4.79 Å². The van der Waals surface area contributed by atoms with Crippen molar-refractivity contribution in [3.05, 3.63) is 65.7 Å². The van der Waals surface area contributed by atoms with Crippen LogP contribution in [0.4, 0.5) is 5.69 Å². The van der Waals surface area contributed by atoms with Crippen molar-refractivity contribution in [3.8, 4) is 5.75 Å². The Morgan fingerprint density at radius 1 is 1.15 bits per heavy atom. The normalized spacial score (nSPS) is 14.2. The number of hydrogen-bond acceptors (Lipinski definition) is 4. The van der Waals surface area contributed by atoms with Crippen molar-refractivity contribution in [1.82, 2.24) is 0 Å². The predicted molar refractivity (Wildman–Crippen MR) is 100 cm³/mol. The van der Waals surface area contributed by atoms with Crippen LogP contribution in [0.1, 0.15) is 18.1 Å². The van der Waals surface area contributed by atoms with Gasteiger partial charge in [0.1, 0.15) is 5.75 Å². The van der Waals surface area contributed by atoms with Crippen LogP contribution in [0.3, 0.4) is 0 Å². The highest BCUT2D eigenvalue weighted by molar-refractivity contribution is 6.00. The summed E-state index contributed by atoms with van der Waals surface area (Å²) in [5, 5.41) is 0. The fourth-order valence-electron chi connectivity index (χ4n) is 2.96. The molecule has 3 rings (SSSR count). The van der Waals surface area contributed by atoms with E-state index < -0.39 is 12.1 Å². The molecule has 1 heterocycles. The van der Waals surface area contributed by atoms with Crippen molar-refractivity contribution in [2.45, 2.75) is 19.4 Å². The highest BCUT2D eigenvalue weighted by atomic mass is 16.5. The molecule has 0 bridgehead atoms. The van der Waals surface area contributed by atoms with Gasteiger partial charge in [0.2, 0.25) is 0 Å². The van der Waals surface area contributed by atoms with Crippen LogP contribution in [0.2, 0.25) is 0 Å². The first-order chi connectivity index (χ1) is 12.6. The van der Waals surface area contributed by atoms with Crippen molar-refractivity contribution in [1.29, 1.82) is 0 Å². The van der Waals surface area contributed by atoms with Crippen LogP contribution in [0.15, 0.2) is 54.6 Å². The van der Waals surface area contributed by atoms with E-state index >= 15 is 0 Å². The first kappa shape index (κ1) is 17.7. The average molecular weight is 351 g/mol. The van der Waals surface area contributed by atoms with Gasteiger partial charge in [-0.1, -0.05) is 30.3 Å². The molecule has 5 nitrogen and oxygen atoms in total. The molecule has 0 unspecified atom stereocenters. The van der Waals surface area contributed by atoms with Gasteiger partial charge in [0.25, 0.3) is 5.91 Å². The van der Waals surface area contributed by atoms with Crippen molar-refractivity contribution >= 4 is 23.6 Å². The van der Waals surface area contributed by atoms with E-state index in [0.717, 1.165) is 23.2 Å². The summed E-state index contributed by atoms with van der Waals surface area (Å²) < 4.78 is 10.4. The highest BCUT2D eigenvalue weighted by Crippen LogP contribution is 2.28. The van der Waals surface area contributed by atoms with Crippen molar-refractivity contribution < 1.29 is 19.1 Å². The summed E-state index contributed by atoms with van der Waals surface area (Å²) in [5.74, 6) is -0.0593. The first-order valence-corrected chi connectivity index (χ1v) is 8.50. The molecule has 1 atom stereocenters. The quantitative estimate of drug-likeness (QED) is 0.613. The van der Waals surface area contributed by atoms with Crippen molar-refractivity contribution in [3.63, 3.8) is 0 Å². The predicted octanol–water partition coefficient (Wildman–Crippen LogP) is 3.23. The summed E-state index contributed by atoms with van der Waals surface area (Å²) in [4.78, 5) is 26.3. The third kappa shape index (κ3) is 3.94. The molecule has 0 aromatic heterocycles. The zero-order valence-electron chi connectivity index (χ0n) is 14.8. The van der Waals surface area contributed by atoms with Crippen LogP contribution in [0.25, 0.3) is 6.08 Å². The number of ether oxygens (including phenoxy) is 2. The SMILES string of the molecule is COc1cccc(/C=C/C(=O)O[C@@H](C)C(=O)N2CCc3ccccc32)c1. The zero-order chi connectivity index (χ0) is 18.5. The number of esters is 1. The Morgan fingerprint density at radius 2 is 1.96 bits per heavy atom. The largest absolute Gasteiger partial charge is 0.497 e. The van der Waals surface area contributed by atoms with Crippen molar-refractivity contribution in [2.75, 3.05) is 18.6 Å². The number of hydrogen-bond donors (Lipinski definition) is 0. The van der Waals surface area contributed by atoms with E-state index in [1.165, 1.54) is 6.08 Å². The minimum atomic E-state index is -0.844. The summed E-state index contributed by atoms with van der Waals surface area (Å²) in [6, 6.07) is 15.1. The molecule has 2 aromatic rings. The fraction of sp³-hybridized carbons (Fsp3) is 0.238. The van der Waals surface area contributed by atoms with E-state index in [4.69, 9.17) is 9.47 Å². The van der Waals surface area contributed by atoms with Gasteiger partial charge >= 0.3 is 5.97 Å². The molecule has 2 aromatic carbocycles. The number of nitrogens with zero attached hydrogens (tertiary/aromatic N) is 1. The van der Waals surface area contributed by atoms with Crippen LogP contribution in [0.5, 0.6) is 5.75 Å². The Morgan fingerprint density at radius 3 is 2.77 bits per heavy atom. The zero-order valence-corrected chi connectivity index (χ0v) is 14.8. The maximum atomic E-state index is 12.6. The number of anilines is 1. The van der Waals surface area contributed by atoms with Crippen molar-refractivity contribution in [2.24, 2.45) is 0 Å². The minimum Gasteiger partial charge on any atom is -0.497 e. The first-order valence-electron chi connectivity index (χ1n) is 8.50. The van der Waals surface area contributed by atoms with Crippen LogP contribution in [0, 0.1) is 0 Å². The monoisotopic (exact) mass is 351 g/mol. The number of rotatable bonds is 5. The maximum Gasteiger partial charge on any atom is 0.331 e. The molecule has 1 aliphatic rings. The number of carbonyl (C=O) groups excluding carboxylic acids is 2. The third-order valence-corrected chi connectivity index (χ3v) is 4.30. The Bertz CT molecular complexity index is 843. The highest BCUT2D eigenvalue weighted by Gasteiger charge is 2.29. The number of para-hydroxylation sites is 1. The van der Waals surface area contributed by atoms with Gasteiger partial charge in [-0.05, 0) is 48.7 Å². The van der Waals surface area contributed by atoms with Crippen LogP contribution >= 0.6 is 0 Å². The summed E-state index contributed by atoms with van der Waals surface area (Å²) in [5.41, 5.74) is 2.85. The van der Waals surface area contributed by atoms with E-state index in [0.29, 0.717) is 12.3 Å². The van der Waals surface area contributed by atoms with Gasteiger partial charge in [-0.25, -0.2) is 4.79 Å². The molecule has 26 heavy (non-hydrogen) atoms. The molecule has 0 aliphatic carbocycles. The van der Waals surface area contributed by atoms with E-state index in [2.05, 4.69) is 0 Å². The Kier molecular flexibility index (Phi) is 5.37. The second-order valence-electron chi connectivity index (χ2n) is 6.06. The summed E-state index contributed by atoms with van der Waals surface area (Å²) in [7, 11) is 1.58. The second-order valence-corrected chi connectivity index (χ2v) is 6.06. The molecule has 0 saturated carbocycles. The molecule has 5 heteroatoms. The standard InChI is InChI=1S/C21H21NO4/c1-15(21(24)22-13-12-17-7-3-4-9-19(17)22)26-20(23)11-10-16-6-5-8-18(14-16)25-2/h3-11,14-15H,12-13H2,1-2H3/b11-10+/t15-/m0/s1. The molecule has 0 fully saturated rings. The van der Waals surface area contributed by atoms with E-state index in [9.17, 15) is 9.59 Å². The van der Waals surface area contributed by atoms with Gasteiger partial charge < -0.3 is 14.4 Å². The summed E-state index contributed by atoms with van der Waals surface area (Å²) in [6.45, 7) is 2.21. The van der Waals surface area contributed by atoms with Gasteiger partial charge in [-0.2, -0.15) is 0 Å². The van der Waals surface area contributed by atoms with E-state index in [1.807, 2.05) is 42.5 Å².